The maximum Gasteiger partial charge on any atom is 0.411 e. The van der Waals surface area contributed by atoms with Crippen LogP contribution >= 0.6 is 15.9 Å². The average Bonchev–Trinajstić information content (AvgIpc) is 3.16. The molecule has 35 heavy (non-hydrogen) atoms. The molecule has 9 heteroatoms. The molecular weight excluding hydrogens is 516 g/mol. The quantitative estimate of drug-likeness (QED) is 0.355. The summed E-state index contributed by atoms with van der Waals surface area (Å²) in [6, 6.07) is 19.2. The number of rotatable bonds is 7. The lowest BCUT2D eigenvalue weighted by atomic mass is 9.98. The van der Waals surface area contributed by atoms with Gasteiger partial charge in [-0.3, -0.25) is 10.1 Å². The van der Waals surface area contributed by atoms with Crippen molar-refractivity contribution in [3.05, 3.63) is 87.4 Å². The third-order valence-corrected chi connectivity index (χ3v) is 6.54. The molecule has 0 spiro atoms. The second-order valence-electron chi connectivity index (χ2n) is 8.16. The number of aliphatic hydroxyl groups excluding tert-OH is 1. The largest absolute Gasteiger partial charge is 0.479 e. The van der Waals surface area contributed by atoms with E-state index in [1.54, 1.807) is 13.0 Å². The molecule has 2 amide bonds. The van der Waals surface area contributed by atoms with E-state index in [4.69, 9.17) is 9.84 Å². The molecule has 0 heterocycles. The number of hydrogen-bond donors (Lipinski definition) is 4. The van der Waals surface area contributed by atoms with Crippen molar-refractivity contribution in [1.29, 1.82) is 0 Å². The van der Waals surface area contributed by atoms with Gasteiger partial charge < -0.3 is 20.3 Å². The highest BCUT2D eigenvalue weighted by Crippen LogP contribution is 2.44. The van der Waals surface area contributed by atoms with Crippen molar-refractivity contribution in [3.8, 4) is 11.1 Å². The molecule has 0 bridgehead atoms. The average molecular weight is 539 g/mol. The van der Waals surface area contributed by atoms with E-state index in [1.165, 1.54) is 6.07 Å². The van der Waals surface area contributed by atoms with E-state index in [0.29, 0.717) is 15.7 Å². The number of anilines is 1. The Labute approximate surface area is 210 Å². The van der Waals surface area contributed by atoms with Crippen molar-refractivity contribution >= 4 is 39.6 Å². The van der Waals surface area contributed by atoms with Crippen LogP contribution in [0.3, 0.4) is 0 Å². The number of halogens is 1. The smallest absolute Gasteiger partial charge is 0.411 e. The molecule has 180 valence electrons. The summed E-state index contributed by atoms with van der Waals surface area (Å²) in [7, 11) is 0. The predicted molar refractivity (Wildman–Crippen MR) is 134 cm³/mol. The second kappa shape index (κ2) is 10.3. The van der Waals surface area contributed by atoms with Crippen LogP contribution in [0.4, 0.5) is 10.5 Å². The van der Waals surface area contributed by atoms with Gasteiger partial charge in [-0.2, -0.15) is 0 Å². The maximum atomic E-state index is 12.7. The molecular formula is C26H23BrN2O6. The van der Waals surface area contributed by atoms with Crippen molar-refractivity contribution in [1.82, 2.24) is 5.32 Å². The number of aryl methyl sites for hydroxylation is 1. The summed E-state index contributed by atoms with van der Waals surface area (Å²) in [6.45, 7) is 1.46. The van der Waals surface area contributed by atoms with E-state index in [0.717, 1.165) is 22.3 Å². The molecule has 3 aromatic rings. The molecule has 1 aliphatic carbocycles. The molecule has 4 N–H and O–H groups in total. The fourth-order valence-corrected chi connectivity index (χ4v) is 4.74. The van der Waals surface area contributed by atoms with Crippen LogP contribution in [0.15, 0.2) is 65.1 Å². The minimum atomic E-state index is -1.72. The Bertz CT molecular complexity index is 1260. The first kappa shape index (κ1) is 24.4. The Kier molecular flexibility index (Phi) is 7.18. The second-order valence-corrected chi connectivity index (χ2v) is 9.02. The summed E-state index contributed by atoms with van der Waals surface area (Å²) in [5.74, 6) is -2.13. The normalized spacial score (nSPS) is 12.9. The number of aliphatic carboxylic acids is 1. The van der Waals surface area contributed by atoms with Gasteiger partial charge in [0, 0.05) is 16.1 Å². The number of carbonyl (C=O) groups is 3. The first-order valence-electron chi connectivity index (χ1n) is 10.9. The van der Waals surface area contributed by atoms with Gasteiger partial charge in [-0.05, 0) is 62.8 Å². The van der Waals surface area contributed by atoms with E-state index in [-0.39, 0.29) is 18.1 Å². The van der Waals surface area contributed by atoms with E-state index in [9.17, 15) is 19.5 Å². The van der Waals surface area contributed by atoms with Gasteiger partial charge in [-0.1, -0.05) is 48.5 Å². The summed E-state index contributed by atoms with van der Waals surface area (Å²) in [5, 5.41) is 23.2. The first-order valence-corrected chi connectivity index (χ1v) is 11.7. The third-order valence-electron chi connectivity index (χ3n) is 5.88. The van der Waals surface area contributed by atoms with E-state index < -0.39 is 30.6 Å². The molecule has 0 saturated heterocycles. The number of carbonyl (C=O) groups excluding carboxylic acids is 2. The number of carboxylic acids is 1. The molecule has 1 atom stereocenters. The van der Waals surface area contributed by atoms with Gasteiger partial charge in [0.25, 0.3) is 5.91 Å². The molecule has 4 rings (SSSR count). The van der Waals surface area contributed by atoms with Gasteiger partial charge in [0.15, 0.2) is 6.10 Å². The SMILES string of the molecule is Cc1cc(Br)c(C(=O)NC[C@H](O)C(=O)O)cc1NC(=O)OCC1c2ccccc2-c2ccccc21. The number of hydrogen-bond acceptors (Lipinski definition) is 5. The minimum Gasteiger partial charge on any atom is -0.479 e. The summed E-state index contributed by atoms with van der Waals surface area (Å²) in [6.07, 6.45) is -2.38. The maximum absolute atomic E-state index is 12.7. The van der Waals surface area contributed by atoms with Crippen LogP contribution < -0.4 is 10.6 Å². The number of fused-ring (bicyclic) bond motifs is 3. The molecule has 1 aliphatic rings. The minimum absolute atomic E-state index is 0.0823. The number of benzene rings is 3. The van der Waals surface area contributed by atoms with Gasteiger partial charge >= 0.3 is 12.1 Å². The topological polar surface area (TPSA) is 125 Å². The van der Waals surface area contributed by atoms with Gasteiger partial charge in [0.2, 0.25) is 0 Å². The molecule has 0 aromatic heterocycles. The molecule has 0 unspecified atom stereocenters. The van der Waals surface area contributed by atoms with Crippen molar-refractivity contribution in [2.45, 2.75) is 18.9 Å². The van der Waals surface area contributed by atoms with Crippen molar-refractivity contribution in [3.63, 3.8) is 0 Å². The zero-order valence-electron chi connectivity index (χ0n) is 18.7. The van der Waals surface area contributed by atoms with Crippen LogP contribution in [0.5, 0.6) is 0 Å². The molecule has 0 aliphatic heterocycles. The highest BCUT2D eigenvalue weighted by atomic mass is 79.9. The van der Waals surface area contributed by atoms with E-state index in [1.807, 2.05) is 36.4 Å². The Hall–Kier alpha value is -3.69. The Morgan fingerprint density at radius 2 is 1.63 bits per heavy atom. The Morgan fingerprint density at radius 1 is 1.03 bits per heavy atom. The lowest BCUT2D eigenvalue weighted by Crippen LogP contribution is -2.36. The molecule has 0 radical (unpaired) electrons. The summed E-state index contributed by atoms with van der Waals surface area (Å²) in [4.78, 5) is 35.9. The van der Waals surface area contributed by atoms with E-state index >= 15 is 0 Å². The summed E-state index contributed by atoms with van der Waals surface area (Å²) < 4.78 is 6.03. The lowest BCUT2D eigenvalue weighted by molar-refractivity contribution is -0.146. The number of carboxylic acid groups (broad SMARTS) is 1. The zero-order valence-corrected chi connectivity index (χ0v) is 20.3. The van der Waals surface area contributed by atoms with Crippen molar-refractivity contribution in [2.75, 3.05) is 18.5 Å². The fraction of sp³-hybridized carbons (Fsp3) is 0.192. The van der Waals surface area contributed by atoms with Crippen LogP contribution in [0.2, 0.25) is 0 Å². The van der Waals surface area contributed by atoms with Gasteiger partial charge in [-0.25, -0.2) is 9.59 Å². The first-order chi connectivity index (χ1) is 16.8. The highest BCUT2D eigenvalue weighted by Gasteiger charge is 2.29. The molecule has 0 saturated carbocycles. The predicted octanol–water partition coefficient (Wildman–Crippen LogP) is 4.29. The molecule has 0 fully saturated rings. The zero-order chi connectivity index (χ0) is 25.1. The van der Waals surface area contributed by atoms with Crippen molar-refractivity contribution < 1.29 is 29.3 Å². The van der Waals surface area contributed by atoms with Crippen LogP contribution in [0.1, 0.15) is 33.0 Å². The summed E-state index contributed by atoms with van der Waals surface area (Å²) in [5.41, 5.74) is 5.69. The van der Waals surface area contributed by atoms with Gasteiger partial charge in [0.05, 0.1) is 12.1 Å². The van der Waals surface area contributed by atoms with Crippen LogP contribution in [0.25, 0.3) is 11.1 Å². The fourth-order valence-electron chi connectivity index (χ4n) is 4.10. The number of nitrogens with one attached hydrogen (secondary N) is 2. The molecule has 8 nitrogen and oxygen atoms in total. The van der Waals surface area contributed by atoms with Crippen molar-refractivity contribution in [2.24, 2.45) is 0 Å². The number of aliphatic hydroxyl groups is 1. The Morgan fingerprint density at radius 3 is 2.23 bits per heavy atom. The van der Waals surface area contributed by atoms with Gasteiger partial charge in [0.1, 0.15) is 6.61 Å². The monoisotopic (exact) mass is 538 g/mol. The summed E-state index contributed by atoms with van der Waals surface area (Å²) >= 11 is 3.31. The number of amides is 2. The lowest BCUT2D eigenvalue weighted by Gasteiger charge is -2.16. The number of ether oxygens (including phenoxy) is 1. The highest BCUT2D eigenvalue weighted by molar-refractivity contribution is 9.10. The standard InChI is InChI=1S/C26H23BrN2O6/c1-14-10-21(27)19(24(31)28-12-23(30)25(32)33)11-22(14)29-26(34)35-13-20-17-8-4-2-6-15(17)16-7-3-5-9-18(16)20/h2-11,20,23,30H,12-13H2,1H3,(H,28,31)(H,29,34)(H,32,33)/t23-/m0/s1. The van der Waals surface area contributed by atoms with Gasteiger partial charge in [-0.15, -0.1) is 0 Å². The molecule has 3 aromatic carbocycles. The third kappa shape index (κ3) is 5.21. The van der Waals surface area contributed by atoms with E-state index in [2.05, 4.69) is 38.7 Å². The van der Waals surface area contributed by atoms with Crippen LogP contribution in [-0.4, -0.2) is 47.4 Å². The van der Waals surface area contributed by atoms with Crippen LogP contribution in [0, 0.1) is 6.92 Å². The van der Waals surface area contributed by atoms with Crippen LogP contribution in [-0.2, 0) is 9.53 Å². The Balaban J connectivity index is 1.45.